The maximum absolute atomic E-state index is 12.7. The van der Waals surface area contributed by atoms with E-state index < -0.39 is 26.1 Å². The minimum Gasteiger partial charge on any atom is -0.495 e. The van der Waals surface area contributed by atoms with Gasteiger partial charge in [-0.25, -0.2) is 22.2 Å². The van der Waals surface area contributed by atoms with Crippen LogP contribution in [-0.4, -0.2) is 20.5 Å². The molecule has 1 rings (SSSR count). The van der Waals surface area contributed by atoms with Gasteiger partial charge in [0.05, 0.1) is 18.9 Å². The Labute approximate surface area is 95.6 Å². The van der Waals surface area contributed by atoms with Crippen LogP contribution in [0.2, 0.25) is 0 Å². The Balaban J connectivity index is 3.60. The molecule has 0 atom stereocenters. The highest BCUT2D eigenvalue weighted by Crippen LogP contribution is 2.34. The van der Waals surface area contributed by atoms with Gasteiger partial charge in [-0.3, -0.25) is 0 Å². The fraction of sp³-hybridized carbons (Fsp3) is 0.375. The minimum absolute atomic E-state index is 0.00623. The quantitative estimate of drug-likeness (QED) is 0.792. The zero-order chi connectivity index (χ0) is 12.5. The largest absolute Gasteiger partial charge is 0.495 e. The monoisotopic (exact) mass is 271 g/mol. The van der Waals surface area contributed by atoms with Crippen molar-refractivity contribution in [3.05, 3.63) is 17.3 Å². The first-order valence-electron chi connectivity index (χ1n) is 4.05. The lowest BCUT2D eigenvalue weighted by molar-refractivity contribution is 0.145. The molecule has 90 valence electrons. The predicted octanol–water partition coefficient (Wildman–Crippen LogP) is 2.26. The molecule has 0 aliphatic heterocycles. The van der Waals surface area contributed by atoms with Crippen molar-refractivity contribution in [2.24, 2.45) is 0 Å². The van der Waals surface area contributed by atoms with E-state index in [4.69, 9.17) is 15.4 Å². The Morgan fingerprint density at radius 2 is 2.06 bits per heavy atom. The predicted molar refractivity (Wildman–Crippen MR) is 53.5 cm³/mol. The number of rotatable bonds is 3. The van der Waals surface area contributed by atoms with E-state index in [1.807, 2.05) is 0 Å². The summed E-state index contributed by atoms with van der Waals surface area (Å²) < 4.78 is 52.3. The van der Waals surface area contributed by atoms with Gasteiger partial charge in [0.2, 0.25) is 0 Å². The molecule has 0 aliphatic carbocycles. The normalized spacial score (nSPS) is 11.9. The van der Waals surface area contributed by atoms with E-state index >= 15 is 0 Å². The number of pyridine rings is 1. The van der Waals surface area contributed by atoms with Crippen LogP contribution in [0.5, 0.6) is 5.75 Å². The molecule has 0 aliphatic rings. The number of halogens is 3. The van der Waals surface area contributed by atoms with Crippen molar-refractivity contribution in [2.45, 2.75) is 18.4 Å². The van der Waals surface area contributed by atoms with Crippen molar-refractivity contribution in [3.63, 3.8) is 0 Å². The molecule has 0 bridgehead atoms. The van der Waals surface area contributed by atoms with Gasteiger partial charge in [0.25, 0.3) is 15.5 Å². The summed E-state index contributed by atoms with van der Waals surface area (Å²) in [6.45, 7) is 1.31. The lowest BCUT2D eigenvalue weighted by atomic mass is 10.1. The number of hydrogen-bond acceptors (Lipinski definition) is 4. The second-order valence-corrected chi connectivity index (χ2v) is 5.39. The molecule has 16 heavy (non-hydrogen) atoms. The maximum atomic E-state index is 12.7. The van der Waals surface area contributed by atoms with Crippen molar-refractivity contribution in [1.82, 2.24) is 4.98 Å². The molecule has 1 heterocycles. The van der Waals surface area contributed by atoms with Gasteiger partial charge < -0.3 is 4.74 Å². The summed E-state index contributed by atoms with van der Waals surface area (Å²) in [5.74, 6) is 0.0827. The lowest BCUT2D eigenvalue weighted by Crippen LogP contribution is -2.06. The summed E-state index contributed by atoms with van der Waals surface area (Å²) in [5, 5.41) is -0.831. The molecule has 8 heteroatoms. The Bertz CT molecular complexity index is 504. The standard InChI is InChI=1S/C8H8ClF2NO3S/c1-4-5(15-2)3-12-8(16(9,13)14)6(4)7(10)11/h3,7H,1-2H3. The fourth-order valence-corrected chi connectivity index (χ4v) is 2.29. The second-order valence-electron chi connectivity index (χ2n) is 2.91. The molecule has 0 aromatic carbocycles. The van der Waals surface area contributed by atoms with E-state index in [9.17, 15) is 17.2 Å². The van der Waals surface area contributed by atoms with E-state index in [0.29, 0.717) is 0 Å². The van der Waals surface area contributed by atoms with Crippen LogP contribution in [0.25, 0.3) is 0 Å². The number of nitrogens with zero attached hydrogens (tertiary/aromatic N) is 1. The Hall–Kier alpha value is -0.950. The van der Waals surface area contributed by atoms with Gasteiger partial charge in [-0.15, -0.1) is 0 Å². The zero-order valence-corrected chi connectivity index (χ0v) is 9.94. The van der Waals surface area contributed by atoms with Gasteiger partial charge >= 0.3 is 0 Å². The summed E-state index contributed by atoms with van der Waals surface area (Å²) in [5.41, 5.74) is -0.721. The number of methoxy groups -OCH3 is 1. The Kier molecular flexibility index (Phi) is 3.69. The third-order valence-electron chi connectivity index (χ3n) is 1.97. The van der Waals surface area contributed by atoms with Crippen molar-refractivity contribution >= 4 is 19.7 Å². The van der Waals surface area contributed by atoms with E-state index in [2.05, 4.69) is 4.98 Å². The van der Waals surface area contributed by atoms with Crippen LogP contribution in [-0.2, 0) is 9.05 Å². The molecule has 0 saturated carbocycles. The van der Waals surface area contributed by atoms with Gasteiger partial charge in [0.1, 0.15) is 5.75 Å². The number of aromatic nitrogens is 1. The summed E-state index contributed by atoms with van der Waals surface area (Å²) in [4.78, 5) is 3.38. The van der Waals surface area contributed by atoms with Crippen molar-refractivity contribution in [2.75, 3.05) is 7.11 Å². The molecule has 0 spiro atoms. The van der Waals surface area contributed by atoms with Crippen LogP contribution >= 0.6 is 10.7 Å². The molecule has 1 aromatic heterocycles. The Morgan fingerprint density at radius 1 is 1.50 bits per heavy atom. The maximum Gasteiger partial charge on any atom is 0.279 e. The van der Waals surface area contributed by atoms with Crippen LogP contribution in [0.3, 0.4) is 0 Å². The molecule has 0 amide bonds. The van der Waals surface area contributed by atoms with Crippen LogP contribution in [0, 0.1) is 6.92 Å². The fourth-order valence-electron chi connectivity index (χ4n) is 1.23. The number of hydrogen-bond donors (Lipinski definition) is 0. The van der Waals surface area contributed by atoms with Crippen molar-refractivity contribution in [1.29, 1.82) is 0 Å². The highest BCUT2D eigenvalue weighted by molar-refractivity contribution is 8.13. The van der Waals surface area contributed by atoms with Gasteiger partial charge in [-0.1, -0.05) is 0 Å². The van der Waals surface area contributed by atoms with Gasteiger partial charge in [0.15, 0.2) is 5.03 Å². The first kappa shape index (κ1) is 13.1. The molecule has 0 unspecified atom stereocenters. The molecule has 0 radical (unpaired) electrons. The highest BCUT2D eigenvalue weighted by atomic mass is 35.7. The molecule has 4 nitrogen and oxygen atoms in total. The molecule has 0 N–H and O–H groups in total. The minimum atomic E-state index is -4.30. The van der Waals surface area contributed by atoms with E-state index in [-0.39, 0.29) is 11.3 Å². The molecule has 0 fully saturated rings. The third-order valence-corrected chi connectivity index (χ3v) is 3.20. The summed E-state index contributed by atoms with van der Waals surface area (Å²) in [6, 6.07) is 0. The average molecular weight is 272 g/mol. The van der Waals surface area contributed by atoms with E-state index in [0.717, 1.165) is 6.20 Å². The van der Waals surface area contributed by atoms with Crippen molar-refractivity contribution in [3.8, 4) is 5.75 Å². The third kappa shape index (κ3) is 2.41. The average Bonchev–Trinajstić information content (AvgIpc) is 2.15. The summed E-state index contributed by atoms with van der Waals surface area (Å²) >= 11 is 0. The van der Waals surface area contributed by atoms with Crippen LogP contribution in [0.1, 0.15) is 17.6 Å². The van der Waals surface area contributed by atoms with Crippen LogP contribution in [0.4, 0.5) is 8.78 Å². The molecule has 1 aromatic rings. The topological polar surface area (TPSA) is 56.3 Å². The van der Waals surface area contributed by atoms with Gasteiger partial charge in [-0.2, -0.15) is 0 Å². The van der Waals surface area contributed by atoms with Crippen LogP contribution < -0.4 is 4.74 Å². The molecular weight excluding hydrogens is 264 g/mol. The van der Waals surface area contributed by atoms with E-state index in [1.165, 1.54) is 14.0 Å². The lowest BCUT2D eigenvalue weighted by Gasteiger charge is -2.11. The Morgan fingerprint density at radius 3 is 2.44 bits per heavy atom. The first-order valence-corrected chi connectivity index (χ1v) is 6.36. The summed E-state index contributed by atoms with van der Waals surface area (Å²) in [6.07, 6.45) is -1.96. The smallest absolute Gasteiger partial charge is 0.279 e. The van der Waals surface area contributed by atoms with E-state index in [1.54, 1.807) is 0 Å². The second kappa shape index (κ2) is 4.50. The van der Waals surface area contributed by atoms with Gasteiger partial charge in [0, 0.05) is 16.2 Å². The molecule has 0 saturated heterocycles. The SMILES string of the molecule is COc1cnc(S(=O)(=O)Cl)c(C(F)F)c1C. The number of ether oxygens (including phenoxy) is 1. The van der Waals surface area contributed by atoms with Crippen molar-refractivity contribution < 1.29 is 21.9 Å². The first-order chi connectivity index (χ1) is 7.29. The number of alkyl halides is 2. The highest BCUT2D eigenvalue weighted by Gasteiger charge is 2.27. The van der Waals surface area contributed by atoms with Gasteiger partial charge in [-0.05, 0) is 6.92 Å². The summed E-state index contributed by atoms with van der Waals surface area (Å²) in [7, 11) is 1.98. The van der Waals surface area contributed by atoms with Crippen LogP contribution in [0.15, 0.2) is 11.2 Å². The molecular formula is C8H8ClF2NO3S. The zero-order valence-electron chi connectivity index (χ0n) is 8.37.